The van der Waals surface area contributed by atoms with Crippen LogP contribution in [0.4, 0.5) is 0 Å². The van der Waals surface area contributed by atoms with Crippen molar-refractivity contribution in [3.63, 3.8) is 0 Å². The molecule has 0 bridgehead atoms. The predicted octanol–water partition coefficient (Wildman–Crippen LogP) is 2.16. The number of rotatable bonds is 12. The first-order chi connectivity index (χ1) is 12.3. The van der Waals surface area contributed by atoms with E-state index >= 15 is 0 Å². The van der Waals surface area contributed by atoms with Gasteiger partial charge in [-0.05, 0) is 30.6 Å². The highest BCUT2D eigenvalue weighted by Crippen LogP contribution is 2.27. The molecule has 0 saturated carbocycles. The van der Waals surface area contributed by atoms with Gasteiger partial charge in [0.1, 0.15) is 0 Å². The second kappa shape index (κ2) is 11.6. The molecule has 9 heteroatoms. The van der Waals surface area contributed by atoms with Crippen molar-refractivity contribution in [2.24, 2.45) is 29.6 Å². The predicted molar refractivity (Wildman–Crippen MR) is 105 cm³/mol. The number of carbonyl (C=O) groups excluding carboxylic acids is 2. The van der Waals surface area contributed by atoms with Gasteiger partial charge in [-0.1, -0.05) is 48.0 Å². The number of carbonyl (C=O) groups is 2. The van der Waals surface area contributed by atoms with Crippen molar-refractivity contribution in [3.05, 3.63) is 0 Å². The zero-order chi connectivity index (χ0) is 21.4. The third-order valence-corrected chi connectivity index (χ3v) is 5.26. The quantitative estimate of drug-likeness (QED) is 0.339. The summed E-state index contributed by atoms with van der Waals surface area (Å²) in [6, 6.07) is 0. The van der Waals surface area contributed by atoms with E-state index in [0.29, 0.717) is 25.2 Å². The summed E-state index contributed by atoms with van der Waals surface area (Å²) in [5.41, 5.74) is 4.15. The Morgan fingerprint density at radius 2 is 1.44 bits per heavy atom. The highest BCUT2D eigenvalue weighted by atomic mass is 32.2. The van der Waals surface area contributed by atoms with E-state index in [1.54, 1.807) is 5.48 Å². The van der Waals surface area contributed by atoms with E-state index in [0.717, 1.165) is 10.7 Å². The Balaban J connectivity index is 5.65. The van der Waals surface area contributed by atoms with Crippen molar-refractivity contribution in [3.8, 4) is 0 Å². The van der Waals surface area contributed by atoms with E-state index in [-0.39, 0.29) is 18.4 Å². The van der Waals surface area contributed by atoms with E-state index in [2.05, 4.69) is 5.43 Å². The number of nitrogens with zero attached hydrogens (tertiary/aromatic N) is 1. The Labute approximate surface area is 164 Å². The van der Waals surface area contributed by atoms with Crippen LogP contribution in [0.2, 0.25) is 0 Å². The Kier molecular flexibility index (Phi) is 11.1. The number of nitrogens with one attached hydrogen (secondary N) is 2. The summed E-state index contributed by atoms with van der Waals surface area (Å²) >= 11 is 0. The second-order valence-corrected chi connectivity index (χ2v) is 10.4. The Bertz CT molecular complexity index is 576. The second-order valence-electron chi connectivity index (χ2n) is 8.45. The van der Waals surface area contributed by atoms with Gasteiger partial charge in [-0.3, -0.25) is 20.2 Å². The lowest BCUT2D eigenvalue weighted by Gasteiger charge is -2.30. The molecule has 0 radical (unpaired) electrons. The van der Waals surface area contributed by atoms with Gasteiger partial charge in [0.2, 0.25) is 21.8 Å². The molecular formula is C18H37N3O5S. The van der Waals surface area contributed by atoms with Crippen LogP contribution in [0.25, 0.3) is 0 Å². The molecule has 0 aliphatic carbocycles. The fourth-order valence-electron chi connectivity index (χ4n) is 2.87. The van der Waals surface area contributed by atoms with Crippen LogP contribution in [-0.2, 0) is 19.6 Å². The van der Waals surface area contributed by atoms with E-state index in [9.17, 15) is 18.0 Å². The number of sulfonamides is 1. The smallest absolute Gasteiger partial charge is 0.247 e. The van der Waals surface area contributed by atoms with Gasteiger partial charge in [-0.25, -0.2) is 13.9 Å². The molecular weight excluding hydrogens is 370 g/mol. The summed E-state index contributed by atoms with van der Waals surface area (Å²) in [4.78, 5) is 25.2. The van der Waals surface area contributed by atoms with Crippen LogP contribution >= 0.6 is 0 Å². The van der Waals surface area contributed by atoms with Gasteiger partial charge in [0, 0.05) is 6.54 Å². The minimum atomic E-state index is -3.64. The zero-order valence-corrected chi connectivity index (χ0v) is 18.5. The molecule has 0 aromatic carbocycles. The maximum Gasteiger partial charge on any atom is 0.247 e. The van der Waals surface area contributed by atoms with E-state index in [1.165, 1.54) is 0 Å². The van der Waals surface area contributed by atoms with Gasteiger partial charge >= 0.3 is 0 Å². The molecule has 0 spiro atoms. The largest absolute Gasteiger partial charge is 0.289 e. The molecule has 2 amide bonds. The van der Waals surface area contributed by atoms with Gasteiger partial charge < -0.3 is 0 Å². The molecule has 0 aliphatic rings. The molecule has 160 valence electrons. The third-order valence-electron chi connectivity index (χ3n) is 4.22. The van der Waals surface area contributed by atoms with Gasteiger partial charge in [-0.2, -0.15) is 0 Å². The summed E-state index contributed by atoms with van der Waals surface area (Å²) in [5.74, 6) is -2.16. The summed E-state index contributed by atoms with van der Waals surface area (Å²) in [6.07, 6.45) is 2.57. The van der Waals surface area contributed by atoms with Crippen molar-refractivity contribution in [2.75, 3.05) is 12.8 Å². The number of hydroxylamine groups is 1. The molecule has 3 N–H and O–H groups in total. The standard InChI is InChI=1S/C18H37N3O5S/c1-12(2)8-9-15(18(23)20-24)16(10-13(3)4)17(22)19-21(11-14(5)6)27(7,25)26/h12-16,24H,8-11H2,1-7H3,(H,19,22)(H,20,23)/t15-,16+/m0/s1. The molecule has 0 saturated heterocycles. The molecule has 0 aliphatic heterocycles. The monoisotopic (exact) mass is 407 g/mol. The van der Waals surface area contributed by atoms with Crippen LogP contribution < -0.4 is 10.9 Å². The van der Waals surface area contributed by atoms with Crippen molar-refractivity contribution < 1.29 is 23.2 Å². The Morgan fingerprint density at radius 3 is 1.81 bits per heavy atom. The third kappa shape index (κ3) is 10.1. The average Bonchev–Trinajstić information content (AvgIpc) is 2.50. The van der Waals surface area contributed by atoms with Crippen LogP contribution in [-0.4, -0.2) is 42.7 Å². The van der Waals surface area contributed by atoms with Crippen LogP contribution in [0, 0.1) is 29.6 Å². The van der Waals surface area contributed by atoms with Crippen LogP contribution in [0.3, 0.4) is 0 Å². The molecule has 0 fully saturated rings. The normalized spacial score (nSPS) is 14.7. The average molecular weight is 408 g/mol. The topological polar surface area (TPSA) is 116 Å². The fourth-order valence-corrected chi connectivity index (χ4v) is 3.70. The van der Waals surface area contributed by atoms with Gasteiger partial charge in [0.25, 0.3) is 0 Å². The molecule has 2 atom stereocenters. The highest BCUT2D eigenvalue weighted by Gasteiger charge is 2.35. The van der Waals surface area contributed by atoms with Gasteiger partial charge in [0.05, 0.1) is 18.1 Å². The number of hydrazine groups is 1. The number of hydrogen-bond acceptors (Lipinski definition) is 5. The lowest BCUT2D eigenvalue weighted by Crippen LogP contribution is -2.51. The molecule has 0 rings (SSSR count). The van der Waals surface area contributed by atoms with Gasteiger partial charge in [-0.15, -0.1) is 4.41 Å². The zero-order valence-electron chi connectivity index (χ0n) is 17.7. The van der Waals surface area contributed by atoms with Crippen LogP contribution in [0.5, 0.6) is 0 Å². The van der Waals surface area contributed by atoms with Crippen molar-refractivity contribution in [1.29, 1.82) is 0 Å². The van der Waals surface area contributed by atoms with Crippen molar-refractivity contribution in [1.82, 2.24) is 15.3 Å². The summed E-state index contributed by atoms with van der Waals surface area (Å²) < 4.78 is 25.0. The molecule has 0 aromatic heterocycles. The molecule has 0 heterocycles. The number of amides is 2. The summed E-state index contributed by atoms with van der Waals surface area (Å²) in [7, 11) is -3.64. The van der Waals surface area contributed by atoms with E-state index in [1.807, 2.05) is 41.5 Å². The van der Waals surface area contributed by atoms with Gasteiger partial charge in [0.15, 0.2) is 0 Å². The highest BCUT2D eigenvalue weighted by molar-refractivity contribution is 7.88. The van der Waals surface area contributed by atoms with Crippen molar-refractivity contribution in [2.45, 2.75) is 60.8 Å². The molecule has 27 heavy (non-hydrogen) atoms. The van der Waals surface area contributed by atoms with E-state index in [4.69, 9.17) is 5.21 Å². The molecule has 8 nitrogen and oxygen atoms in total. The maximum atomic E-state index is 12.9. The molecule has 0 aromatic rings. The van der Waals surface area contributed by atoms with Crippen LogP contribution in [0.1, 0.15) is 60.8 Å². The van der Waals surface area contributed by atoms with Crippen LogP contribution in [0.15, 0.2) is 0 Å². The minimum Gasteiger partial charge on any atom is -0.289 e. The fraction of sp³-hybridized carbons (Fsp3) is 0.889. The first kappa shape index (κ1) is 25.8. The lowest BCUT2D eigenvalue weighted by atomic mass is 9.80. The maximum absolute atomic E-state index is 12.9. The first-order valence-electron chi connectivity index (χ1n) is 9.51. The van der Waals surface area contributed by atoms with Crippen molar-refractivity contribution >= 4 is 21.8 Å². The summed E-state index contributed by atoms with van der Waals surface area (Å²) in [5, 5.41) is 9.13. The SMILES string of the molecule is CC(C)CC[C@H](C(=O)NO)[C@@H](CC(C)C)C(=O)NN(CC(C)C)S(C)(=O)=O. The minimum absolute atomic E-state index is 0.0149. The van der Waals surface area contributed by atoms with E-state index < -0.39 is 33.7 Å². The lowest BCUT2D eigenvalue weighted by molar-refractivity contribution is -0.142. The first-order valence-corrected chi connectivity index (χ1v) is 11.4. The number of hydrogen-bond donors (Lipinski definition) is 3. The summed E-state index contributed by atoms with van der Waals surface area (Å²) in [6.45, 7) is 11.7. The molecule has 0 unspecified atom stereocenters. The Hall–Kier alpha value is -1.19. The Morgan fingerprint density at radius 1 is 0.889 bits per heavy atom.